The van der Waals surface area contributed by atoms with Gasteiger partial charge in [-0.05, 0) is 17.8 Å². The van der Waals surface area contributed by atoms with Crippen molar-refractivity contribution in [2.45, 2.75) is 53.8 Å². The first-order valence-corrected chi connectivity index (χ1v) is 7.79. The summed E-state index contributed by atoms with van der Waals surface area (Å²) in [4.78, 5) is 35.6. The van der Waals surface area contributed by atoms with Crippen LogP contribution in [0.4, 0.5) is 0 Å². The lowest BCUT2D eigenvalue weighted by molar-refractivity contribution is -0.222. The molecule has 0 rings (SSSR count). The summed E-state index contributed by atoms with van der Waals surface area (Å²) in [6.45, 7) is 8.83. The first-order valence-electron chi connectivity index (χ1n) is 7.79. The third kappa shape index (κ3) is 2.88. The van der Waals surface area contributed by atoms with E-state index in [-0.39, 0.29) is 0 Å². The molecule has 140 valence electrons. The monoisotopic (exact) mass is 348 g/mol. The normalized spacial score (nSPS) is 17.6. The third-order valence-electron chi connectivity index (χ3n) is 5.14. The SMILES string of the molecule is CC(C)C(C(=O)O)(C(C)C)C(C(=O)O)(C(C)C)C(O)C(O)C(=O)O. The second-order valence-electron chi connectivity index (χ2n) is 7.04. The predicted octanol–water partition coefficient (Wildman–Crippen LogP) is 0.903. The van der Waals surface area contributed by atoms with Crippen molar-refractivity contribution in [3.05, 3.63) is 0 Å². The van der Waals surface area contributed by atoms with Crippen molar-refractivity contribution in [3.63, 3.8) is 0 Å². The highest BCUT2D eigenvalue weighted by Gasteiger charge is 2.70. The van der Waals surface area contributed by atoms with Gasteiger partial charge in [0.25, 0.3) is 0 Å². The molecule has 3 atom stereocenters. The minimum absolute atomic E-state index is 0.760. The molecular weight excluding hydrogens is 320 g/mol. The second kappa shape index (κ2) is 7.48. The maximum Gasteiger partial charge on any atom is 0.335 e. The van der Waals surface area contributed by atoms with Crippen LogP contribution >= 0.6 is 0 Å². The van der Waals surface area contributed by atoms with Gasteiger partial charge in [-0.2, -0.15) is 0 Å². The molecule has 0 aromatic heterocycles. The standard InChI is InChI=1S/C16H28O8/c1-7(2)15(8(3)4,13(21)22)16(9(5)6,14(23)24)11(18)10(17)12(19)20/h7-11,17-18H,1-6H3,(H,19,20)(H,21,22)(H,23,24). The summed E-state index contributed by atoms with van der Waals surface area (Å²) < 4.78 is 0. The zero-order valence-electron chi connectivity index (χ0n) is 14.8. The molecule has 3 unspecified atom stereocenters. The van der Waals surface area contributed by atoms with E-state index in [1.165, 1.54) is 41.5 Å². The van der Waals surface area contributed by atoms with Gasteiger partial charge in [0.15, 0.2) is 6.10 Å². The molecule has 0 amide bonds. The Balaban J connectivity index is 7.08. The molecule has 0 heterocycles. The molecule has 0 aliphatic rings. The molecule has 24 heavy (non-hydrogen) atoms. The highest BCUT2D eigenvalue weighted by molar-refractivity contribution is 5.89. The Morgan fingerprint density at radius 3 is 1.12 bits per heavy atom. The van der Waals surface area contributed by atoms with Gasteiger partial charge in [0, 0.05) is 0 Å². The quantitative estimate of drug-likeness (QED) is 0.412. The second-order valence-corrected chi connectivity index (χ2v) is 7.04. The molecule has 0 bridgehead atoms. The van der Waals surface area contributed by atoms with E-state index >= 15 is 0 Å². The van der Waals surface area contributed by atoms with E-state index in [0.717, 1.165) is 0 Å². The molecule has 0 fully saturated rings. The van der Waals surface area contributed by atoms with E-state index in [4.69, 9.17) is 5.11 Å². The fraction of sp³-hybridized carbons (Fsp3) is 0.812. The summed E-state index contributed by atoms with van der Waals surface area (Å²) in [6.07, 6.45) is -4.74. The van der Waals surface area contributed by atoms with Gasteiger partial charge in [-0.15, -0.1) is 0 Å². The largest absolute Gasteiger partial charge is 0.481 e. The van der Waals surface area contributed by atoms with Crippen LogP contribution in [0.5, 0.6) is 0 Å². The molecule has 0 aromatic rings. The number of carboxylic acids is 3. The van der Waals surface area contributed by atoms with Gasteiger partial charge >= 0.3 is 17.9 Å². The summed E-state index contributed by atoms with van der Waals surface area (Å²) in [6, 6.07) is 0. The Kier molecular flexibility index (Phi) is 6.96. The molecule has 8 nitrogen and oxygen atoms in total. The number of rotatable bonds is 9. The van der Waals surface area contributed by atoms with Crippen molar-refractivity contribution < 1.29 is 39.9 Å². The Bertz CT molecular complexity index is 488. The van der Waals surface area contributed by atoms with Gasteiger partial charge in [0.1, 0.15) is 11.5 Å². The van der Waals surface area contributed by atoms with Crippen molar-refractivity contribution in [1.29, 1.82) is 0 Å². The molecular formula is C16H28O8. The van der Waals surface area contributed by atoms with Crippen molar-refractivity contribution in [2.75, 3.05) is 0 Å². The predicted molar refractivity (Wildman–Crippen MR) is 84.3 cm³/mol. The number of carbonyl (C=O) groups is 3. The Morgan fingerprint density at radius 1 is 0.667 bits per heavy atom. The van der Waals surface area contributed by atoms with Crippen LogP contribution in [0, 0.1) is 28.6 Å². The fourth-order valence-electron chi connectivity index (χ4n) is 4.29. The van der Waals surface area contributed by atoms with Crippen LogP contribution in [0.2, 0.25) is 0 Å². The summed E-state index contributed by atoms with van der Waals surface area (Å²) in [5.41, 5.74) is -4.43. The average molecular weight is 348 g/mol. The Morgan fingerprint density at radius 2 is 0.958 bits per heavy atom. The van der Waals surface area contributed by atoms with Crippen molar-refractivity contribution in [2.24, 2.45) is 28.6 Å². The lowest BCUT2D eigenvalue weighted by atomic mass is 9.46. The highest BCUT2D eigenvalue weighted by atomic mass is 16.4. The van der Waals surface area contributed by atoms with E-state index < -0.39 is 58.7 Å². The highest BCUT2D eigenvalue weighted by Crippen LogP contribution is 2.57. The summed E-state index contributed by atoms with van der Waals surface area (Å²) in [5.74, 6) is -7.43. The van der Waals surface area contributed by atoms with E-state index in [2.05, 4.69) is 0 Å². The van der Waals surface area contributed by atoms with Crippen molar-refractivity contribution in [3.8, 4) is 0 Å². The van der Waals surface area contributed by atoms with E-state index in [1.54, 1.807) is 0 Å². The van der Waals surface area contributed by atoms with Crippen LogP contribution in [0.3, 0.4) is 0 Å². The first kappa shape index (κ1) is 22.3. The number of carboxylic acid groups (broad SMARTS) is 3. The molecule has 0 aromatic carbocycles. The van der Waals surface area contributed by atoms with Crippen LogP contribution in [0.15, 0.2) is 0 Å². The van der Waals surface area contributed by atoms with Crippen LogP contribution < -0.4 is 0 Å². The Labute approximate surface area is 141 Å². The van der Waals surface area contributed by atoms with Gasteiger partial charge in [-0.1, -0.05) is 41.5 Å². The number of hydrogen-bond donors (Lipinski definition) is 5. The summed E-state index contributed by atoms with van der Waals surface area (Å²) >= 11 is 0. The maximum absolute atomic E-state index is 12.3. The van der Waals surface area contributed by atoms with Gasteiger partial charge in [-0.25, -0.2) is 4.79 Å². The first-order chi connectivity index (χ1) is 10.7. The zero-order valence-corrected chi connectivity index (χ0v) is 14.8. The molecule has 5 N–H and O–H groups in total. The average Bonchev–Trinajstić information content (AvgIpc) is 2.40. The van der Waals surface area contributed by atoms with Crippen molar-refractivity contribution >= 4 is 17.9 Å². The molecule has 0 radical (unpaired) electrons. The summed E-state index contributed by atoms with van der Waals surface area (Å²) in [7, 11) is 0. The van der Waals surface area contributed by atoms with Gasteiger partial charge in [0.2, 0.25) is 0 Å². The maximum atomic E-state index is 12.3. The minimum atomic E-state index is -2.43. The molecule has 0 spiro atoms. The molecule has 0 saturated carbocycles. The summed E-state index contributed by atoms with van der Waals surface area (Å²) in [5, 5.41) is 49.3. The van der Waals surface area contributed by atoms with Crippen LogP contribution in [0.25, 0.3) is 0 Å². The minimum Gasteiger partial charge on any atom is -0.481 e. The van der Waals surface area contributed by atoms with Crippen molar-refractivity contribution in [1.82, 2.24) is 0 Å². The third-order valence-corrected chi connectivity index (χ3v) is 5.14. The number of aliphatic carboxylic acids is 3. The van der Waals surface area contributed by atoms with E-state index in [1.807, 2.05) is 0 Å². The van der Waals surface area contributed by atoms with Crippen LogP contribution in [-0.2, 0) is 14.4 Å². The number of hydrogen-bond acceptors (Lipinski definition) is 5. The lowest BCUT2D eigenvalue weighted by Gasteiger charge is -2.54. The van der Waals surface area contributed by atoms with E-state index in [0.29, 0.717) is 0 Å². The Hall–Kier alpha value is -1.67. The van der Waals surface area contributed by atoms with Gasteiger partial charge in [-0.3, -0.25) is 9.59 Å². The zero-order chi connectivity index (χ0) is 19.6. The smallest absolute Gasteiger partial charge is 0.335 e. The molecule has 0 aliphatic heterocycles. The lowest BCUT2D eigenvalue weighted by Crippen LogP contribution is -2.68. The fourth-order valence-corrected chi connectivity index (χ4v) is 4.29. The molecule has 8 heteroatoms. The van der Waals surface area contributed by atoms with Gasteiger partial charge < -0.3 is 25.5 Å². The molecule has 0 saturated heterocycles. The van der Waals surface area contributed by atoms with Crippen LogP contribution in [-0.4, -0.2) is 55.6 Å². The number of aliphatic hydroxyl groups excluding tert-OH is 2. The molecule has 0 aliphatic carbocycles. The number of aliphatic hydroxyl groups is 2. The van der Waals surface area contributed by atoms with E-state index in [9.17, 15) is 34.8 Å². The van der Waals surface area contributed by atoms with Crippen LogP contribution in [0.1, 0.15) is 41.5 Å². The van der Waals surface area contributed by atoms with Gasteiger partial charge in [0.05, 0.1) is 5.41 Å². The topological polar surface area (TPSA) is 152 Å².